The molecule has 1 aliphatic rings. The molecule has 7 heteroatoms. The summed E-state index contributed by atoms with van der Waals surface area (Å²) in [4.78, 5) is 26.3. The molecule has 170 valence electrons. The zero-order valence-electron chi connectivity index (χ0n) is 18.3. The molecule has 0 bridgehead atoms. The molecule has 0 saturated carbocycles. The lowest BCUT2D eigenvalue weighted by Gasteiger charge is -2.38. The number of hydrogen-bond donors (Lipinski definition) is 0. The van der Waals surface area contributed by atoms with E-state index in [-0.39, 0.29) is 17.9 Å². The number of amides is 1. The Morgan fingerprint density at radius 2 is 1.61 bits per heavy atom. The standard InChI is InChI=1S/C26H24BrNO5/c1-3-32-22-13-18-14-24(29)28(20-11-7-17(8-12-20)26(30)31)25(16-5-9-19(27)10-6-16)21(18)15-23(22)33-4-2/h5-13,15,25H,3-4,14H2,1-2H3,(H,30,31)/p-1/t25-/m0/s1. The summed E-state index contributed by atoms with van der Waals surface area (Å²) in [6.45, 7) is 4.79. The first-order valence-corrected chi connectivity index (χ1v) is 11.5. The fraction of sp³-hybridized carbons (Fsp3) is 0.231. The number of aromatic carboxylic acids is 1. The van der Waals surface area contributed by atoms with Crippen molar-refractivity contribution in [3.05, 3.63) is 87.4 Å². The van der Waals surface area contributed by atoms with Crippen LogP contribution in [0.1, 0.15) is 46.9 Å². The smallest absolute Gasteiger partial charge is 0.232 e. The molecular weight excluding hydrogens is 486 g/mol. The van der Waals surface area contributed by atoms with Gasteiger partial charge in [0.25, 0.3) is 0 Å². The van der Waals surface area contributed by atoms with E-state index in [0.717, 1.165) is 21.2 Å². The van der Waals surface area contributed by atoms with Crippen LogP contribution in [0.4, 0.5) is 5.69 Å². The molecule has 4 rings (SSSR count). The van der Waals surface area contributed by atoms with Crippen molar-refractivity contribution >= 4 is 33.5 Å². The van der Waals surface area contributed by atoms with Gasteiger partial charge in [0.1, 0.15) is 0 Å². The predicted octanol–water partition coefficient (Wildman–Crippen LogP) is 4.29. The van der Waals surface area contributed by atoms with Gasteiger partial charge in [0.05, 0.1) is 31.6 Å². The number of nitrogens with zero attached hydrogens (tertiary/aromatic N) is 1. The molecule has 1 heterocycles. The summed E-state index contributed by atoms with van der Waals surface area (Å²) in [7, 11) is 0. The van der Waals surface area contributed by atoms with Crippen LogP contribution < -0.4 is 19.5 Å². The number of carbonyl (C=O) groups is 2. The number of carbonyl (C=O) groups excluding carboxylic acids is 2. The number of carboxylic acid groups (broad SMARTS) is 1. The van der Waals surface area contributed by atoms with E-state index in [1.807, 2.05) is 50.2 Å². The van der Waals surface area contributed by atoms with Gasteiger partial charge in [-0.1, -0.05) is 40.2 Å². The molecule has 6 nitrogen and oxygen atoms in total. The molecule has 0 radical (unpaired) electrons. The summed E-state index contributed by atoms with van der Waals surface area (Å²) < 4.78 is 12.6. The van der Waals surface area contributed by atoms with Gasteiger partial charge in [-0.25, -0.2) is 0 Å². The van der Waals surface area contributed by atoms with E-state index >= 15 is 0 Å². The molecule has 0 aromatic heterocycles. The third-order valence-corrected chi connectivity index (χ3v) is 6.06. The molecule has 0 saturated heterocycles. The number of carboxylic acids is 1. The van der Waals surface area contributed by atoms with E-state index in [1.54, 1.807) is 17.0 Å². The van der Waals surface area contributed by atoms with E-state index in [4.69, 9.17) is 9.47 Å². The quantitative estimate of drug-likeness (QED) is 0.475. The number of ether oxygens (including phenoxy) is 2. The second-order valence-electron chi connectivity index (χ2n) is 7.59. The Kier molecular flexibility index (Phi) is 6.70. The largest absolute Gasteiger partial charge is 0.545 e. The number of fused-ring (bicyclic) bond motifs is 1. The van der Waals surface area contributed by atoms with Gasteiger partial charge < -0.3 is 24.3 Å². The lowest BCUT2D eigenvalue weighted by atomic mass is 9.86. The Balaban J connectivity index is 1.89. The predicted molar refractivity (Wildman–Crippen MR) is 127 cm³/mol. The summed E-state index contributed by atoms with van der Waals surface area (Å²) in [5.74, 6) is -0.108. The minimum absolute atomic E-state index is 0.0591. The lowest BCUT2D eigenvalue weighted by Crippen LogP contribution is -2.41. The molecule has 3 aromatic carbocycles. The average molecular weight is 509 g/mol. The minimum Gasteiger partial charge on any atom is -0.545 e. The molecule has 0 unspecified atom stereocenters. The van der Waals surface area contributed by atoms with Crippen molar-refractivity contribution in [2.45, 2.75) is 26.3 Å². The van der Waals surface area contributed by atoms with Crippen LogP contribution in [-0.2, 0) is 11.2 Å². The Hall–Kier alpha value is -3.32. The van der Waals surface area contributed by atoms with Crippen molar-refractivity contribution in [1.82, 2.24) is 0 Å². The Labute approximate surface area is 200 Å². The number of anilines is 1. The van der Waals surface area contributed by atoms with Crippen molar-refractivity contribution < 1.29 is 24.2 Å². The van der Waals surface area contributed by atoms with Crippen LogP contribution in [0, 0.1) is 0 Å². The van der Waals surface area contributed by atoms with E-state index in [0.29, 0.717) is 30.4 Å². The summed E-state index contributed by atoms with van der Waals surface area (Å²) in [6.07, 6.45) is 0.192. The summed E-state index contributed by atoms with van der Waals surface area (Å²) >= 11 is 3.47. The topological polar surface area (TPSA) is 78.9 Å². The second-order valence-corrected chi connectivity index (χ2v) is 8.51. The normalized spacial score (nSPS) is 15.2. The number of hydrogen-bond acceptors (Lipinski definition) is 5. The third-order valence-electron chi connectivity index (χ3n) is 5.54. The molecule has 0 fully saturated rings. The summed E-state index contributed by atoms with van der Waals surface area (Å²) in [5, 5.41) is 11.2. The van der Waals surface area contributed by atoms with E-state index in [9.17, 15) is 14.7 Å². The minimum atomic E-state index is -1.26. The monoisotopic (exact) mass is 508 g/mol. The maximum Gasteiger partial charge on any atom is 0.232 e. The van der Waals surface area contributed by atoms with Crippen LogP contribution in [-0.4, -0.2) is 25.1 Å². The zero-order chi connectivity index (χ0) is 23.5. The molecular formula is C26H23BrNO5-. The van der Waals surface area contributed by atoms with Gasteiger partial charge in [-0.3, -0.25) is 4.79 Å². The lowest BCUT2D eigenvalue weighted by molar-refractivity contribution is -0.255. The van der Waals surface area contributed by atoms with Gasteiger partial charge in [-0.2, -0.15) is 0 Å². The van der Waals surface area contributed by atoms with E-state index in [1.165, 1.54) is 12.1 Å². The van der Waals surface area contributed by atoms with Crippen molar-refractivity contribution in [2.24, 2.45) is 0 Å². The van der Waals surface area contributed by atoms with Crippen molar-refractivity contribution in [2.75, 3.05) is 18.1 Å². The molecule has 33 heavy (non-hydrogen) atoms. The molecule has 0 aliphatic carbocycles. The van der Waals surface area contributed by atoms with Crippen molar-refractivity contribution in [1.29, 1.82) is 0 Å². The van der Waals surface area contributed by atoms with Gasteiger partial charge in [-0.05, 0) is 72.5 Å². The van der Waals surface area contributed by atoms with E-state index in [2.05, 4.69) is 15.9 Å². The average Bonchev–Trinajstić information content (AvgIpc) is 2.80. The van der Waals surface area contributed by atoms with Crippen LogP contribution in [0.15, 0.2) is 65.1 Å². The van der Waals surface area contributed by atoms with Crippen LogP contribution in [0.5, 0.6) is 11.5 Å². The zero-order valence-corrected chi connectivity index (χ0v) is 19.9. The van der Waals surface area contributed by atoms with Crippen LogP contribution in [0.2, 0.25) is 0 Å². The first-order valence-electron chi connectivity index (χ1n) is 10.7. The fourth-order valence-corrected chi connectivity index (χ4v) is 4.38. The molecule has 1 aliphatic heterocycles. The van der Waals surface area contributed by atoms with Crippen molar-refractivity contribution in [3.8, 4) is 11.5 Å². The van der Waals surface area contributed by atoms with Crippen LogP contribution in [0.25, 0.3) is 0 Å². The van der Waals surface area contributed by atoms with Crippen molar-refractivity contribution in [3.63, 3.8) is 0 Å². The highest BCUT2D eigenvalue weighted by Gasteiger charge is 2.36. The van der Waals surface area contributed by atoms with Crippen LogP contribution >= 0.6 is 15.9 Å². The van der Waals surface area contributed by atoms with Gasteiger partial charge >= 0.3 is 0 Å². The highest BCUT2D eigenvalue weighted by molar-refractivity contribution is 9.10. The highest BCUT2D eigenvalue weighted by Crippen LogP contribution is 2.43. The molecule has 3 aromatic rings. The fourth-order valence-electron chi connectivity index (χ4n) is 4.12. The Morgan fingerprint density at radius 3 is 2.18 bits per heavy atom. The molecule has 1 atom stereocenters. The highest BCUT2D eigenvalue weighted by atomic mass is 79.9. The number of rotatable bonds is 7. The SMILES string of the molecule is CCOc1cc2c(cc1OCC)[C@H](c1ccc(Br)cc1)N(c1ccc(C(=O)[O-])cc1)C(=O)C2. The summed E-state index contributed by atoms with van der Waals surface area (Å²) in [6, 6.07) is 17.4. The van der Waals surface area contributed by atoms with Gasteiger partial charge in [-0.15, -0.1) is 0 Å². The summed E-state index contributed by atoms with van der Waals surface area (Å²) in [5.41, 5.74) is 3.40. The molecule has 0 spiro atoms. The Bertz CT molecular complexity index is 1170. The third kappa shape index (κ3) is 4.59. The Morgan fingerprint density at radius 1 is 1.00 bits per heavy atom. The van der Waals surface area contributed by atoms with Gasteiger partial charge in [0.15, 0.2) is 11.5 Å². The van der Waals surface area contributed by atoms with Gasteiger partial charge in [0.2, 0.25) is 5.91 Å². The first kappa shape index (κ1) is 22.9. The first-order chi connectivity index (χ1) is 15.9. The number of benzene rings is 3. The second kappa shape index (κ2) is 9.67. The number of halogens is 1. The maximum absolute atomic E-state index is 13.4. The molecule has 1 amide bonds. The molecule has 0 N–H and O–H groups in total. The van der Waals surface area contributed by atoms with Gasteiger partial charge in [0, 0.05) is 10.2 Å². The van der Waals surface area contributed by atoms with Crippen LogP contribution in [0.3, 0.4) is 0 Å². The maximum atomic E-state index is 13.4. The van der Waals surface area contributed by atoms with E-state index < -0.39 is 12.0 Å².